The average Bonchev–Trinajstić information content (AvgIpc) is 3.03. The van der Waals surface area contributed by atoms with Gasteiger partial charge in [0.2, 0.25) is 5.16 Å². The minimum absolute atomic E-state index is 0.199. The van der Waals surface area contributed by atoms with Gasteiger partial charge in [-0.1, -0.05) is 19.3 Å². The lowest BCUT2D eigenvalue weighted by molar-refractivity contribution is -0.394. The molecule has 1 fully saturated rings. The second-order valence-electron chi connectivity index (χ2n) is 5.50. The van der Waals surface area contributed by atoms with E-state index < -0.39 is 9.85 Å². The zero-order chi connectivity index (χ0) is 17.1. The normalized spacial score (nSPS) is 15.3. The van der Waals surface area contributed by atoms with Gasteiger partial charge in [-0.15, -0.1) is 5.10 Å². The van der Waals surface area contributed by atoms with Gasteiger partial charge in [0.1, 0.15) is 0 Å². The Balaban J connectivity index is 1.90. The number of hydrogen-bond donors (Lipinski definition) is 0. The molecule has 0 atom stereocenters. The summed E-state index contributed by atoms with van der Waals surface area (Å²) in [6, 6.07) is 3.72. The van der Waals surface area contributed by atoms with Crippen molar-refractivity contribution >= 4 is 23.1 Å². The molecule has 3 rings (SSSR count). The van der Waals surface area contributed by atoms with E-state index in [9.17, 15) is 20.2 Å². The summed E-state index contributed by atoms with van der Waals surface area (Å²) in [7, 11) is 0. The van der Waals surface area contributed by atoms with Crippen LogP contribution >= 0.6 is 11.8 Å². The summed E-state index contributed by atoms with van der Waals surface area (Å²) in [5.74, 6) is 0. The molecule has 0 bridgehead atoms. The molecule has 0 spiro atoms. The van der Waals surface area contributed by atoms with Gasteiger partial charge in [0.25, 0.3) is 11.4 Å². The summed E-state index contributed by atoms with van der Waals surface area (Å²) in [6.45, 7) is 0. The second kappa shape index (κ2) is 6.91. The molecule has 1 aromatic carbocycles. The van der Waals surface area contributed by atoms with Gasteiger partial charge in [-0.05, 0) is 35.0 Å². The van der Waals surface area contributed by atoms with Crippen LogP contribution < -0.4 is 0 Å². The Kier molecular flexibility index (Phi) is 4.69. The van der Waals surface area contributed by atoms with Crippen LogP contribution in [0.25, 0.3) is 0 Å². The topological polar surface area (TPSA) is 130 Å². The molecule has 10 nitrogen and oxygen atoms in total. The van der Waals surface area contributed by atoms with E-state index in [2.05, 4.69) is 15.5 Å². The van der Waals surface area contributed by atoms with Gasteiger partial charge in [0, 0.05) is 17.0 Å². The van der Waals surface area contributed by atoms with Crippen LogP contribution in [0.15, 0.2) is 28.3 Å². The van der Waals surface area contributed by atoms with Crippen LogP contribution in [0.4, 0.5) is 11.4 Å². The third-order valence-electron chi connectivity index (χ3n) is 3.89. The Morgan fingerprint density at radius 3 is 2.25 bits per heavy atom. The van der Waals surface area contributed by atoms with Crippen molar-refractivity contribution in [3.8, 4) is 0 Å². The lowest BCUT2D eigenvalue weighted by Gasteiger charge is -2.21. The Morgan fingerprint density at radius 1 is 1.04 bits per heavy atom. The number of non-ortho nitro benzene ring substituents is 2. The number of benzene rings is 1. The Hall–Kier alpha value is -2.56. The van der Waals surface area contributed by atoms with Crippen molar-refractivity contribution in [3.63, 3.8) is 0 Å². The molecule has 0 aliphatic heterocycles. The highest BCUT2D eigenvalue weighted by Gasteiger charge is 2.22. The molecule has 1 saturated carbocycles. The van der Waals surface area contributed by atoms with E-state index >= 15 is 0 Å². The van der Waals surface area contributed by atoms with Crippen molar-refractivity contribution in [2.45, 2.75) is 48.2 Å². The first-order valence-electron chi connectivity index (χ1n) is 7.44. The van der Waals surface area contributed by atoms with E-state index in [1.54, 1.807) is 4.68 Å². The fourth-order valence-electron chi connectivity index (χ4n) is 2.75. The number of nitro benzene ring substituents is 2. The standard InChI is InChI=1S/C13H14N6O4S/c20-18(21)10-6-11(19(22)23)8-12(7-10)24-13-14-15-16-17(13)9-4-2-1-3-5-9/h6-9H,1-5H2. The van der Waals surface area contributed by atoms with Gasteiger partial charge >= 0.3 is 0 Å². The minimum Gasteiger partial charge on any atom is -0.258 e. The molecule has 0 amide bonds. The summed E-state index contributed by atoms with van der Waals surface area (Å²) in [5, 5.41) is 34.1. The molecule has 11 heteroatoms. The Bertz CT molecular complexity index is 741. The maximum atomic E-state index is 11.0. The van der Waals surface area contributed by atoms with Gasteiger partial charge < -0.3 is 0 Å². The summed E-state index contributed by atoms with van der Waals surface area (Å²) in [4.78, 5) is 21.0. The predicted octanol–water partition coefficient (Wildman–Crippen LogP) is 3.15. The number of nitrogens with zero attached hydrogens (tertiary/aromatic N) is 6. The van der Waals surface area contributed by atoms with Crippen LogP contribution in [-0.2, 0) is 0 Å². The average molecular weight is 350 g/mol. The molecule has 1 aromatic heterocycles. The highest BCUT2D eigenvalue weighted by molar-refractivity contribution is 7.99. The monoisotopic (exact) mass is 350 g/mol. The minimum atomic E-state index is -0.652. The van der Waals surface area contributed by atoms with E-state index in [1.165, 1.54) is 18.6 Å². The highest BCUT2D eigenvalue weighted by Crippen LogP contribution is 2.35. The van der Waals surface area contributed by atoms with Gasteiger partial charge in [0.15, 0.2) is 0 Å². The number of rotatable bonds is 5. The molecular formula is C13H14N6O4S. The molecule has 1 aliphatic carbocycles. The number of hydrogen-bond acceptors (Lipinski definition) is 8. The van der Waals surface area contributed by atoms with Crippen LogP contribution in [0.3, 0.4) is 0 Å². The van der Waals surface area contributed by atoms with E-state index in [-0.39, 0.29) is 17.4 Å². The highest BCUT2D eigenvalue weighted by atomic mass is 32.2. The van der Waals surface area contributed by atoms with Crippen LogP contribution in [0.1, 0.15) is 38.1 Å². The van der Waals surface area contributed by atoms with Gasteiger partial charge in [-0.2, -0.15) is 0 Å². The summed E-state index contributed by atoms with van der Waals surface area (Å²) >= 11 is 1.10. The van der Waals surface area contributed by atoms with E-state index in [1.807, 2.05) is 0 Å². The van der Waals surface area contributed by atoms with Gasteiger partial charge in [-0.25, -0.2) is 4.68 Å². The van der Waals surface area contributed by atoms with Crippen LogP contribution in [0.5, 0.6) is 0 Å². The maximum absolute atomic E-state index is 11.0. The Labute approximate surface area is 140 Å². The fourth-order valence-corrected chi connectivity index (χ4v) is 3.68. The summed E-state index contributed by atoms with van der Waals surface area (Å²) in [6.07, 6.45) is 5.37. The molecule has 1 heterocycles. The lowest BCUT2D eigenvalue weighted by Crippen LogP contribution is -2.15. The number of tetrazole rings is 1. The summed E-state index contributed by atoms with van der Waals surface area (Å²) < 4.78 is 1.72. The van der Waals surface area contributed by atoms with Crippen molar-refractivity contribution in [2.75, 3.05) is 0 Å². The van der Waals surface area contributed by atoms with Crippen molar-refractivity contribution in [3.05, 3.63) is 38.4 Å². The SMILES string of the molecule is O=[N+]([O-])c1cc(Sc2nnnn2C2CCCCC2)cc([N+](=O)[O-])c1. The third kappa shape index (κ3) is 3.50. The molecular weight excluding hydrogens is 336 g/mol. The van der Waals surface area contributed by atoms with E-state index in [4.69, 9.17) is 0 Å². The number of aromatic nitrogens is 4. The van der Waals surface area contributed by atoms with Crippen LogP contribution in [0, 0.1) is 20.2 Å². The first-order chi connectivity index (χ1) is 11.5. The van der Waals surface area contributed by atoms with Crippen molar-refractivity contribution in [1.82, 2.24) is 20.2 Å². The molecule has 126 valence electrons. The van der Waals surface area contributed by atoms with Crippen molar-refractivity contribution < 1.29 is 9.85 Å². The third-order valence-corrected chi connectivity index (χ3v) is 4.81. The number of nitro groups is 2. The van der Waals surface area contributed by atoms with Crippen molar-refractivity contribution in [1.29, 1.82) is 0 Å². The zero-order valence-electron chi connectivity index (χ0n) is 12.6. The van der Waals surface area contributed by atoms with Gasteiger partial charge in [0.05, 0.1) is 22.0 Å². The second-order valence-corrected chi connectivity index (χ2v) is 6.54. The largest absolute Gasteiger partial charge is 0.277 e. The summed E-state index contributed by atoms with van der Waals surface area (Å²) in [5.41, 5.74) is -0.660. The first kappa shape index (κ1) is 16.3. The quantitative estimate of drug-likeness (QED) is 0.593. The lowest BCUT2D eigenvalue weighted by atomic mass is 9.96. The van der Waals surface area contributed by atoms with E-state index in [0.717, 1.165) is 43.5 Å². The fraction of sp³-hybridized carbons (Fsp3) is 0.462. The zero-order valence-corrected chi connectivity index (χ0v) is 13.4. The van der Waals surface area contributed by atoms with E-state index in [0.29, 0.717) is 10.1 Å². The molecule has 24 heavy (non-hydrogen) atoms. The molecule has 2 aromatic rings. The van der Waals surface area contributed by atoms with Crippen LogP contribution in [-0.4, -0.2) is 30.1 Å². The first-order valence-corrected chi connectivity index (χ1v) is 8.26. The molecule has 0 radical (unpaired) electrons. The molecule has 0 N–H and O–H groups in total. The smallest absolute Gasteiger partial charge is 0.258 e. The molecule has 0 saturated heterocycles. The molecule has 1 aliphatic rings. The van der Waals surface area contributed by atoms with Crippen LogP contribution in [0.2, 0.25) is 0 Å². The molecule has 0 unspecified atom stereocenters. The van der Waals surface area contributed by atoms with Crippen molar-refractivity contribution in [2.24, 2.45) is 0 Å². The van der Waals surface area contributed by atoms with Gasteiger partial charge in [-0.3, -0.25) is 20.2 Å². The Morgan fingerprint density at radius 2 is 1.67 bits per heavy atom. The predicted molar refractivity (Wildman–Crippen MR) is 83.8 cm³/mol. The maximum Gasteiger partial charge on any atom is 0.277 e.